The maximum Gasteiger partial charge on any atom is 0.252 e. The van der Waals surface area contributed by atoms with Gasteiger partial charge in [-0.25, -0.2) is 9.50 Å². The molecule has 3 aromatic heterocycles. The minimum absolute atomic E-state index is 0.0734. The van der Waals surface area contributed by atoms with E-state index in [0.29, 0.717) is 23.8 Å². The van der Waals surface area contributed by atoms with Gasteiger partial charge in [0.05, 0.1) is 0 Å². The van der Waals surface area contributed by atoms with E-state index < -0.39 is 0 Å². The van der Waals surface area contributed by atoms with Gasteiger partial charge >= 0.3 is 0 Å². The number of nitrogens with zero attached hydrogens (tertiary/aromatic N) is 6. The molecule has 132 valence electrons. The van der Waals surface area contributed by atoms with Gasteiger partial charge in [-0.05, 0) is 32.3 Å². The van der Waals surface area contributed by atoms with Gasteiger partial charge in [0.15, 0.2) is 0 Å². The second-order valence-electron chi connectivity index (χ2n) is 5.89. The summed E-state index contributed by atoms with van der Waals surface area (Å²) < 4.78 is 1.70. The highest BCUT2D eigenvalue weighted by Crippen LogP contribution is 2.18. The van der Waals surface area contributed by atoms with E-state index in [-0.39, 0.29) is 5.91 Å². The average molecular weight is 359 g/mol. The fourth-order valence-corrected chi connectivity index (χ4v) is 3.47. The lowest BCUT2D eigenvalue weighted by atomic mass is 10.1. The summed E-state index contributed by atoms with van der Waals surface area (Å²) in [4.78, 5) is 20.7. The highest BCUT2D eigenvalue weighted by atomic mass is 32.1. The molecule has 0 aliphatic carbocycles. The first-order valence-corrected chi connectivity index (χ1v) is 9.18. The maximum atomic E-state index is 12.2. The number of nitrogens with one attached hydrogen (secondary N) is 1. The third-order valence-electron chi connectivity index (χ3n) is 4.05. The first kappa shape index (κ1) is 17.4. The molecule has 0 spiro atoms. The molecule has 1 N–H and O–H groups in total. The smallest absolute Gasteiger partial charge is 0.252 e. The number of hydrogen-bond donors (Lipinski definition) is 1. The molecule has 0 saturated heterocycles. The highest BCUT2D eigenvalue weighted by molar-refractivity contribution is 7.15. The molecule has 0 aliphatic heterocycles. The third kappa shape index (κ3) is 3.98. The summed E-state index contributed by atoms with van der Waals surface area (Å²) in [5.74, 6) is 0.507. The molecule has 0 fully saturated rings. The van der Waals surface area contributed by atoms with E-state index in [4.69, 9.17) is 0 Å². The molecule has 0 atom stereocenters. The molecule has 3 aromatic rings. The lowest BCUT2D eigenvalue weighted by molar-refractivity contribution is -0.116. The predicted molar refractivity (Wildman–Crippen MR) is 95.7 cm³/mol. The molecule has 1 amide bonds. The van der Waals surface area contributed by atoms with Gasteiger partial charge in [0, 0.05) is 24.2 Å². The largest absolute Gasteiger partial charge is 0.301 e. The molecule has 0 unspecified atom stereocenters. The first-order valence-electron chi connectivity index (χ1n) is 8.36. The van der Waals surface area contributed by atoms with E-state index in [1.165, 1.54) is 17.7 Å². The normalized spacial score (nSPS) is 11.2. The fraction of sp³-hybridized carbons (Fsp3) is 0.500. The van der Waals surface area contributed by atoms with E-state index in [9.17, 15) is 4.79 Å². The molecule has 25 heavy (non-hydrogen) atoms. The number of carbonyl (C=O) groups is 1. The van der Waals surface area contributed by atoms with Crippen LogP contribution in [0.2, 0.25) is 0 Å². The van der Waals surface area contributed by atoms with Crippen LogP contribution in [0, 0.1) is 13.8 Å². The Labute approximate surface area is 149 Å². The Morgan fingerprint density at radius 3 is 2.92 bits per heavy atom. The lowest BCUT2D eigenvalue weighted by Gasteiger charge is -2.09. The summed E-state index contributed by atoms with van der Waals surface area (Å²) in [5, 5.41) is 16.7. The van der Waals surface area contributed by atoms with Gasteiger partial charge in [-0.15, -0.1) is 10.2 Å². The van der Waals surface area contributed by atoms with Crippen LogP contribution in [-0.2, 0) is 17.6 Å². The number of unbranched alkanes of at least 4 members (excludes halogenated alkanes) is 1. The van der Waals surface area contributed by atoms with Crippen molar-refractivity contribution in [1.29, 1.82) is 0 Å². The average Bonchev–Trinajstić information content (AvgIpc) is 3.22. The summed E-state index contributed by atoms with van der Waals surface area (Å²) in [5.41, 5.74) is 2.86. The van der Waals surface area contributed by atoms with Crippen molar-refractivity contribution in [2.24, 2.45) is 0 Å². The van der Waals surface area contributed by atoms with Crippen LogP contribution < -0.4 is 5.32 Å². The molecule has 0 bridgehead atoms. The van der Waals surface area contributed by atoms with Crippen LogP contribution in [0.1, 0.15) is 48.1 Å². The minimum atomic E-state index is -0.0734. The van der Waals surface area contributed by atoms with E-state index in [0.717, 1.165) is 41.2 Å². The van der Waals surface area contributed by atoms with Gasteiger partial charge in [-0.3, -0.25) is 4.79 Å². The summed E-state index contributed by atoms with van der Waals surface area (Å²) >= 11 is 1.44. The van der Waals surface area contributed by atoms with Crippen molar-refractivity contribution >= 4 is 28.2 Å². The topological polar surface area (TPSA) is 98.0 Å². The van der Waals surface area contributed by atoms with Gasteiger partial charge in [-0.2, -0.15) is 10.1 Å². The van der Waals surface area contributed by atoms with E-state index >= 15 is 0 Å². The number of fused-ring (bicyclic) bond motifs is 1. The zero-order valence-electron chi connectivity index (χ0n) is 14.6. The summed E-state index contributed by atoms with van der Waals surface area (Å²) in [6, 6.07) is 0. The number of aryl methyl sites for hydroxylation is 3. The Bertz CT molecular complexity index is 886. The second-order valence-corrected chi connectivity index (χ2v) is 6.95. The lowest BCUT2D eigenvalue weighted by Crippen LogP contribution is -2.14. The minimum Gasteiger partial charge on any atom is -0.301 e. The van der Waals surface area contributed by atoms with Crippen LogP contribution in [0.4, 0.5) is 5.13 Å². The number of aromatic nitrogens is 6. The van der Waals surface area contributed by atoms with Crippen LogP contribution in [-0.4, -0.2) is 35.7 Å². The molecule has 0 radical (unpaired) electrons. The molecule has 3 heterocycles. The Morgan fingerprint density at radius 1 is 1.28 bits per heavy atom. The third-order valence-corrected chi connectivity index (χ3v) is 4.95. The van der Waals surface area contributed by atoms with E-state index in [1.54, 1.807) is 4.52 Å². The Balaban J connectivity index is 1.61. The zero-order chi connectivity index (χ0) is 17.8. The summed E-state index contributed by atoms with van der Waals surface area (Å²) in [6.45, 7) is 6.03. The Kier molecular flexibility index (Phi) is 5.32. The van der Waals surface area contributed by atoms with Crippen LogP contribution in [0.3, 0.4) is 0 Å². The number of carbonyl (C=O) groups excluding carboxylic acids is 1. The maximum absolute atomic E-state index is 12.2. The molecule has 9 heteroatoms. The molecule has 3 rings (SSSR count). The number of amides is 1. The SMILES string of the molecule is CCCCc1nnc(NC(=O)CCc2c(C)nc3ncnn3c2C)s1. The molecular weight excluding hydrogens is 338 g/mol. The Morgan fingerprint density at radius 2 is 2.12 bits per heavy atom. The van der Waals surface area contributed by atoms with E-state index in [1.807, 2.05) is 13.8 Å². The monoisotopic (exact) mass is 359 g/mol. The van der Waals surface area contributed by atoms with Gasteiger partial charge in [0.2, 0.25) is 11.0 Å². The number of rotatable bonds is 7. The van der Waals surface area contributed by atoms with Crippen molar-refractivity contribution in [3.8, 4) is 0 Å². The van der Waals surface area contributed by atoms with Crippen LogP contribution in [0.25, 0.3) is 5.78 Å². The number of hydrogen-bond acceptors (Lipinski definition) is 7. The van der Waals surface area contributed by atoms with Crippen LogP contribution >= 0.6 is 11.3 Å². The van der Waals surface area contributed by atoms with Gasteiger partial charge in [-0.1, -0.05) is 24.7 Å². The molecule has 0 saturated carbocycles. The van der Waals surface area contributed by atoms with Crippen LogP contribution in [0.15, 0.2) is 6.33 Å². The molecular formula is C16H21N7OS. The molecule has 0 aromatic carbocycles. The standard InChI is InChI=1S/C16H21N7OS/c1-4-5-6-14-21-22-16(25-14)20-13(24)8-7-12-10(2)19-15-17-9-18-23(15)11(12)3/h9H,4-8H2,1-3H3,(H,20,22,24). The van der Waals surface area contributed by atoms with Crippen molar-refractivity contribution < 1.29 is 4.79 Å². The zero-order valence-corrected chi connectivity index (χ0v) is 15.4. The van der Waals surface area contributed by atoms with Gasteiger partial charge in [0.25, 0.3) is 5.78 Å². The molecule has 8 nitrogen and oxygen atoms in total. The first-order chi connectivity index (χ1) is 12.1. The predicted octanol–water partition coefficient (Wildman–Crippen LogP) is 2.51. The van der Waals surface area contributed by atoms with Crippen molar-refractivity contribution in [3.63, 3.8) is 0 Å². The van der Waals surface area contributed by atoms with Gasteiger partial charge in [0.1, 0.15) is 11.3 Å². The van der Waals surface area contributed by atoms with Gasteiger partial charge < -0.3 is 5.32 Å². The van der Waals surface area contributed by atoms with Crippen molar-refractivity contribution in [2.45, 2.75) is 52.9 Å². The summed E-state index contributed by atoms with van der Waals surface area (Å²) in [7, 11) is 0. The Hall–Kier alpha value is -2.42. The van der Waals surface area contributed by atoms with Crippen molar-refractivity contribution in [3.05, 3.63) is 28.3 Å². The number of anilines is 1. The van der Waals surface area contributed by atoms with E-state index in [2.05, 4.69) is 37.5 Å². The van der Waals surface area contributed by atoms with Crippen molar-refractivity contribution in [2.75, 3.05) is 5.32 Å². The quantitative estimate of drug-likeness (QED) is 0.696. The fourth-order valence-electron chi connectivity index (χ4n) is 2.67. The highest BCUT2D eigenvalue weighted by Gasteiger charge is 2.13. The molecule has 0 aliphatic rings. The van der Waals surface area contributed by atoms with Crippen LogP contribution in [0.5, 0.6) is 0 Å². The van der Waals surface area contributed by atoms with Crippen molar-refractivity contribution in [1.82, 2.24) is 29.8 Å². The summed E-state index contributed by atoms with van der Waals surface area (Å²) in [6.07, 6.45) is 5.53. The second kappa shape index (κ2) is 7.64.